The van der Waals surface area contributed by atoms with Gasteiger partial charge in [-0.1, -0.05) is 6.07 Å². The average molecular weight is 497 g/mol. The largest absolute Gasteiger partial charge is 0.497 e. The molecule has 2 amide bonds. The molecule has 0 saturated heterocycles. The molecule has 0 unspecified atom stereocenters. The molecule has 0 saturated carbocycles. The Morgan fingerprint density at radius 3 is 2.71 bits per heavy atom. The van der Waals surface area contributed by atoms with Crippen molar-refractivity contribution >= 4 is 40.6 Å². The first-order valence-corrected chi connectivity index (χ1v) is 9.37. The monoisotopic (exact) mass is 497 g/mol. The maximum atomic E-state index is 12.2. The fourth-order valence-electron chi connectivity index (χ4n) is 2.20. The van der Waals surface area contributed by atoms with Crippen LogP contribution in [0.15, 0.2) is 41.5 Å². The van der Waals surface area contributed by atoms with Gasteiger partial charge in [-0.15, -0.1) is 0 Å². The number of hydrogen-bond donors (Lipinski definition) is 2. The summed E-state index contributed by atoms with van der Waals surface area (Å²) in [7, 11) is 1.53. The molecular formula is C19H20IN3O5. The van der Waals surface area contributed by atoms with Crippen LogP contribution in [0.5, 0.6) is 17.2 Å². The standard InChI is InChI=1S/C19H20IN3O5/c1-3-27-16-8-12(7-15(20)18(16)28-11-17(21)24)10-22-23-19(25)13-5-4-6-14(9-13)26-2/h4-10H,3,11H2,1-2H3,(H2,21,24)(H,23,25)/b22-10+. The fourth-order valence-corrected chi connectivity index (χ4v) is 2.98. The molecule has 3 N–H and O–H groups in total. The van der Waals surface area contributed by atoms with Crippen molar-refractivity contribution in [3.63, 3.8) is 0 Å². The van der Waals surface area contributed by atoms with Gasteiger partial charge in [0.2, 0.25) is 0 Å². The smallest absolute Gasteiger partial charge is 0.271 e. The number of hydrazone groups is 1. The minimum atomic E-state index is -0.579. The summed E-state index contributed by atoms with van der Waals surface area (Å²) in [5.41, 5.74) is 8.70. The highest BCUT2D eigenvalue weighted by Crippen LogP contribution is 2.33. The summed E-state index contributed by atoms with van der Waals surface area (Å²) in [6.07, 6.45) is 1.49. The third-order valence-electron chi connectivity index (χ3n) is 3.40. The van der Waals surface area contributed by atoms with E-state index in [-0.39, 0.29) is 12.5 Å². The second-order valence-electron chi connectivity index (χ2n) is 5.45. The molecule has 0 heterocycles. The third-order valence-corrected chi connectivity index (χ3v) is 4.20. The molecule has 9 heteroatoms. The van der Waals surface area contributed by atoms with Gasteiger partial charge in [-0.25, -0.2) is 5.43 Å². The number of halogens is 1. The molecule has 2 aromatic rings. The first kappa shape index (κ1) is 21.5. The van der Waals surface area contributed by atoms with E-state index in [1.165, 1.54) is 13.3 Å². The molecule has 148 valence electrons. The van der Waals surface area contributed by atoms with Crippen LogP contribution in [0, 0.1) is 3.57 Å². The van der Waals surface area contributed by atoms with E-state index in [1.54, 1.807) is 36.4 Å². The van der Waals surface area contributed by atoms with Crippen molar-refractivity contribution in [2.45, 2.75) is 6.92 Å². The molecule has 28 heavy (non-hydrogen) atoms. The van der Waals surface area contributed by atoms with Crippen molar-refractivity contribution in [3.8, 4) is 17.2 Å². The number of carbonyl (C=O) groups is 2. The topological polar surface area (TPSA) is 112 Å². The van der Waals surface area contributed by atoms with Crippen LogP contribution in [-0.4, -0.2) is 38.4 Å². The number of nitrogens with zero attached hydrogens (tertiary/aromatic N) is 1. The maximum absolute atomic E-state index is 12.2. The molecule has 0 bridgehead atoms. The van der Waals surface area contributed by atoms with Gasteiger partial charge in [0.25, 0.3) is 11.8 Å². The summed E-state index contributed by atoms with van der Waals surface area (Å²) in [5, 5.41) is 3.98. The molecule has 0 aromatic heterocycles. The van der Waals surface area contributed by atoms with Crippen molar-refractivity contribution in [2.75, 3.05) is 20.3 Å². The van der Waals surface area contributed by atoms with E-state index < -0.39 is 5.91 Å². The number of carbonyl (C=O) groups excluding carboxylic acids is 2. The van der Waals surface area contributed by atoms with E-state index in [1.807, 2.05) is 6.92 Å². The highest BCUT2D eigenvalue weighted by atomic mass is 127. The van der Waals surface area contributed by atoms with Gasteiger partial charge in [0.05, 0.1) is 23.5 Å². The second kappa shape index (κ2) is 10.5. The van der Waals surface area contributed by atoms with Crippen LogP contribution in [0.25, 0.3) is 0 Å². The minimum Gasteiger partial charge on any atom is -0.497 e. The fraction of sp³-hybridized carbons (Fsp3) is 0.211. The number of ether oxygens (including phenoxy) is 3. The number of rotatable bonds is 9. The normalized spacial score (nSPS) is 10.5. The van der Waals surface area contributed by atoms with Crippen molar-refractivity contribution in [1.29, 1.82) is 0 Å². The van der Waals surface area contributed by atoms with Crippen LogP contribution in [0.3, 0.4) is 0 Å². The van der Waals surface area contributed by atoms with E-state index in [0.29, 0.717) is 38.6 Å². The zero-order chi connectivity index (χ0) is 20.5. The SMILES string of the molecule is CCOc1cc(/C=N/NC(=O)c2cccc(OC)c2)cc(I)c1OCC(N)=O. The quantitative estimate of drug-likeness (QED) is 0.314. The van der Waals surface area contributed by atoms with Crippen LogP contribution >= 0.6 is 22.6 Å². The Morgan fingerprint density at radius 2 is 2.04 bits per heavy atom. The van der Waals surface area contributed by atoms with Gasteiger partial charge in [-0.3, -0.25) is 9.59 Å². The summed E-state index contributed by atoms with van der Waals surface area (Å²) in [6.45, 7) is 2.00. The number of nitrogens with two attached hydrogens (primary N) is 1. The van der Waals surface area contributed by atoms with Gasteiger partial charge in [-0.05, 0) is 65.4 Å². The van der Waals surface area contributed by atoms with Crippen molar-refractivity contribution < 1.29 is 23.8 Å². The van der Waals surface area contributed by atoms with E-state index in [9.17, 15) is 9.59 Å². The summed E-state index contributed by atoms with van der Waals surface area (Å²) in [5.74, 6) is 0.523. The zero-order valence-electron chi connectivity index (χ0n) is 15.4. The van der Waals surface area contributed by atoms with E-state index >= 15 is 0 Å². The number of hydrogen-bond acceptors (Lipinski definition) is 6. The first-order valence-electron chi connectivity index (χ1n) is 8.29. The van der Waals surface area contributed by atoms with E-state index in [4.69, 9.17) is 19.9 Å². The van der Waals surface area contributed by atoms with Crippen LogP contribution in [0.4, 0.5) is 0 Å². The van der Waals surface area contributed by atoms with Crippen LogP contribution in [0.1, 0.15) is 22.8 Å². The van der Waals surface area contributed by atoms with Crippen LogP contribution in [-0.2, 0) is 4.79 Å². The van der Waals surface area contributed by atoms with Gasteiger partial charge >= 0.3 is 0 Å². The molecule has 2 rings (SSSR count). The maximum Gasteiger partial charge on any atom is 0.271 e. The molecule has 2 aromatic carbocycles. The molecule has 0 aliphatic heterocycles. The summed E-state index contributed by atoms with van der Waals surface area (Å²) >= 11 is 2.06. The molecule has 0 spiro atoms. The summed E-state index contributed by atoms with van der Waals surface area (Å²) in [6, 6.07) is 10.2. The van der Waals surface area contributed by atoms with E-state index in [0.717, 1.165) is 0 Å². The number of amides is 2. The Kier molecular flexibility index (Phi) is 8.05. The Bertz CT molecular complexity index is 886. The molecule has 0 aliphatic rings. The lowest BCUT2D eigenvalue weighted by atomic mass is 10.2. The molecule has 0 fully saturated rings. The Hall–Kier alpha value is -2.82. The lowest BCUT2D eigenvalue weighted by Crippen LogP contribution is -2.20. The molecule has 0 atom stereocenters. The average Bonchev–Trinajstić information content (AvgIpc) is 2.67. The van der Waals surface area contributed by atoms with Gasteiger partial charge in [-0.2, -0.15) is 5.10 Å². The lowest BCUT2D eigenvalue weighted by molar-refractivity contribution is -0.119. The highest BCUT2D eigenvalue weighted by Gasteiger charge is 2.13. The van der Waals surface area contributed by atoms with Crippen LogP contribution < -0.4 is 25.4 Å². The third kappa shape index (κ3) is 6.12. The lowest BCUT2D eigenvalue weighted by Gasteiger charge is -2.13. The molecule has 0 radical (unpaired) electrons. The Labute approximate surface area is 176 Å². The Balaban J connectivity index is 2.13. The summed E-state index contributed by atoms with van der Waals surface area (Å²) < 4.78 is 16.8. The zero-order valence-corrected chi connectivity index (χ0v) is 17.6. The van der Waals surface area contributed by atoms with E-state index in [2.05, 4.69) is 33.1 Å². The number of primary amides is 1. The van der Waals surface area contributed by atoms with Crippen molar-refractivity contribution in [1.82, 2.24) is 5.43 Å². The van der Waals surface area contributed by atoms with Gasteiger partial charge in [0.15, 0.2) is 18.1 Å². The number of benzene rings is 2. The predicted molar refractivity (Wildman–Crippen MR) is 113 cm³/mol. The number of methoxy groups -OCH3 is 1. The predicted octanol–water partition coefficient (Wildman–Crippen LogP) is 2.33. The van der Waals surface area contributed by atoms with Crippen molar-refractivity contribution in [3.05, 3.63) is 51.1 Å². The Morgan fingerprint density at radius 1 is 1.25 bits per heavy atom. The molecule has 8 nitrogen and oxygen atoms in total. The van der Waals surface area contributed by atoms with Crippen LogP contribution in [0.2, 0.25) is 0 Å². The van der Waals surface area contributed by atoms with Crippen molar-refractivity contribution in [2.24, 2.45) is 10.8 Å². The summed E-state index contributed by atoms with van der Waals surface area (Å²) in [4.78, 5) is 23.1. The second-order valence-corrected chi connectivity index (χ2v) is 6.61. The molecule has 0 aliphatic carbocycles. The van der Waals surface area contributed by atoms with Gasteiger partial charge < -0.3 is 19.9 Å². The van der Waals surface area contributed by atoms with Gasteiger partial charge in [0.1, 0.15) is 5.75 Å². The highest BCUT2D eigenvalue weighted by molar-refractivity contribution is 14.1. The minimum absolute atomic E-state index is 0.250. The first-order chi connectivity index (χ1) is 13.4. The number of nitrogens with one attached hydrogen (secondary N) is 1. The molecular weight excluding hydrogens is 477 g/mol. The van der Waals surface area contributed by atoms with Gasteiger partial charge in [0, 0.05) is 5.56 Å².